The molecule has 0 aromatic rings. The average Bonchev–Trinajstić information content (AvgIpc) is 2.31. The molecule has 0 unspecified atom stereocenters. The number of carbonyl (C=O) groups excluding carboxylic acids is 1. The number of hydrogen-bond acceptors (Lipinski definition) is 3. The third-order valence-electron chi connectivity index (χ3n) is 3.47. The second-order valence-corrected chi connectivity index (χ2v) is 4.90. The largest absolute Gasteiger partial charge is 0.385 e. The third-order valence-corrected chi connectivity index (χ3v) is 3.47. The van der Waals surface area contributed by atoms with Gasteiger partial charge in [-0.15, -0.1) is 0 Å². The zero-order valence-corrected chi connectivity index (χ0v) is 11.2. The Hall–Kier alpha value is -0.610. The van der Waals surface area contributed by atoms with Crippen LogP contribution in [0.4, 0.5) is 0 Å². The van der Waals surface area contributed by atoms with Crippen molar-refractivity contribution in [3.63, 3.8) is 0 Å². The van der Waals surface area contributed by atoms with Gasteiger partial charge in [-0.3, -0.25) is 4.79 Å². The quantitative estimate of drug-likeness (QED) is 0.683. The highest BCUT2D eigenvalue weighted by molar-refractivity contribution is 5.72. The summed E-state index contributed by atoms with van der Waals surface area (Å²) in [6.07, 6.45) is 5.08. The fourth-order valence-electron chi connectivity index (χ4n) is 2.41. The van der Waals surface area contributed by atoms with E-state index in [2.05, 4.69) is 10.2 Å². The predicted molar refractivity (Wildman–Crippen MR) is 69.0 cm³/mol. The van der Waals surface area contributed by atoms with Crippen molar-refractivity contribution in [2.45, 2.75) is 32.6 Å². The highest BCUT2D eigenvalue weighted by atomic mass is 16.5. The van der Waals surface area contributed by atoms with Gasteiger partial charge in [0.2, 0.25) is 5.91 Å². The molecule has 0 spiro atoms. The lowest BCUT2D eigenvalue weighted by molar-refractivity contribution is -0.119. The summed E-state index contributed by atoms with van der Waals surface area (Å²) < 4.78 is 5.08. The van der Waals surface area contributed by atoms with Crippen molar-refractivity contribution < 1.29 is 9.53 Å². The Bertz CT molecular complexity index is 213. The van der Waals surface area contributed by atoms with Gasteiger partial charge in [0.1, 0.15) is 0 Å². The van der Waals surface area contributed by atoms with Crippen LogP contribution in [0, 0.1) is 5.92 Å². The smallest absolute Gasteiger partial charge is 0.216 e. The molecule has 0 atom stereocenters. The van der Waals surface area contributed by atoms with Gasteiger partial charge in [0, 0.05) is 33.7 Å². The third kappa shape index (κ3) is 6.64. The number of amides is 1. The van der Waals surface area contributed by atoms with Gasteiger partial charge in [-0.1, -0.05) is 0 Å². The number of rotatable bonds is 7. The van der Waals surface area contributed by atoms with E-state index in [-0.39, 0.29) is 5.91 Å². The normalized spacial score (nSPS) is 18.2. The first-order valence-electron chi connectivity index (χ1n) is 6.68. The monoisotopic (exact) mass is 242 g/mol. The van der Waals surface area contributed by atoms with Crippen LogP contribution in [0.5, 0.6) is 0 Å². The van der Waals surface area contributed by atoms with Crippen molar-refractivity contribution in [2.24, 2.45) is 5.92 Å². The average molecular weight is 242 g/mol. The van der Waals surface area contributed by atoms with Gasteiger partial charge in [-0.25, -0.2) is 0 Å². The number of piperidine rings is 1. The molecule has 0 saturated carbocycles. The molecule has 100 valence electrons. The van der Waals surface area contributed by atoms with Crippen LogP contribution >= 0.6 is 0 Å². The van der Waals surface area contributed by atoms with E-state index >= 15 is 0 Å². The van der Waals surface area contributed by atoms with Gasteiger partial charge < -0.3 is 15.0 Å². The lowest BCUT2D eigenvalue weighted by Gasteiger charge is -2.31. The fraction of sp³-hybridized carbons (Fsp3) is 0.923. The Labute approximate surface area is 105 Å². The molecule has 1 rings (SSSR count). The molecule has 1 aliphatic rings. The molecule has 1 amide bonds. The van der Waals surface area contributed by atoms with Gasteiger partial charge >= 0.3 is 0 Å². The summed E-state index contributed by atoms with van der Waals surface area (Å²) in [5.41, 5.74) is 0. The maximum absolute atomic E-state index is 10.7. The first-order valence-corrected chi connectivity index (χ1v) is 6.68. The van der Waals surface area contributed by atoms with Gasteiger partial charge in [-0.05, 0) is 44.7 Å². The molecule has 1 fully saturated rings. The molecule has 4 heteroatoms. The highest BCUT2D eigenvalue weighted by Crippen LogP contribution is 2.21. The minimum absolute atomic E-state index is 0.0689. The molecule has 0 aromatic heterocycles. The Morgan fingerprint density at radius 2 is 2.12 bits per heavy atom. The van der Waals surface area contributed by atoms with E-state index in [1.165, 1.54) is 38.8 Å². The number of nitrogens with one attached hydrogen (secondary N) is 1. The van der Waals surface area contributed by atoms with Crippen molar-refractivity contribution in [1.82, 2.24) is 10.2 Å². The second-order valence-electron chi connectivity index (χ2n) is 4.90. The number of hydrogen-bond donors (Lipinski definition) is 1. The first-order chi connectivity index (χ1) is 8.22. The van der Waals surface area contributed by atoms with E-state index in [1.807, 2.05) is 0 Å². The van der Waals surface area contributed by atoms with E-state index in [1.54, 1.807) is 14.0 Å². The minimum atomic E-state index is 0.0689. The molecule has 1 N–H and O–H groups in total. The summed E-state index contributed by atoms with van der Waals surface area (Å²) in [5.74, 6) is 0.946. The van der Waals surface area contributed by atoms with Gasteiger partial charge in [0.05, 0.1) is 0 Å². The zero-order valence-electron chi connectivity index (χ0n) is 11.2. The van der Waals surface area contributed by atoms with Crippen LogP contribution in [0.1, 0.15) is 32.6 Å². The molecule has 0 aliphatic carbocycles. The molecule has 4 nitrogen and oxygen atoms in total. The van der Waals surface area contributed by atoms with Gasteiger partial charge in [-0.2, -0.15) is 0 Å². The molecular formula is C13H26N2O2. The molecule has 1 saturated heterocycles. The Morgan fingerprint density at radius 1 is 1.41 bits per heavy atom. The highest BCUT2D eigenvalue weighted by Gasteiger charge is 2.18. The van der Waals surface area contributed by atoms with Crippen molar-refractivity contribution in [2.75, 3.05) is 39.9 Å². The summed E-state index contributed by atoms with van der Waals surface area (Å²) >= 11 is 0. The topological polar surface area (TPSA) is 41.6 Å². The van der Waals surface area contributed by atoms with E-state index in [4.69, 9.17) is 4.74 Å². The van der Waals surface area contributed by atoms with Crippen molar-refractivity contribution >= 4 is 5.91 Å². The maximum Gasteiger partial charge on any atom is 0.216 e. The fourth-order valence-corrected chi connectivity index (χ4v) is 2.41. The lowest BCUT2D eigenvalue weighted by Crippen LogP contribution is -2.39. The Balaban J connectivity index is 2.03. The summed E-state index contributed by atoms with van der Waals surface area (Å²) in [7, 11) is 1.77. The van der Waals surface area contributed by atoms with Crippen LogP contribution in [0.25, 0.3) is 0 Å². The molecule has 17 heavy (non-hydrogen) atoms. The van der Waals surface area contributed by atoms with E-state index in [0.29, 0.717) is 0 Å². The minimum Gasteiger partial charge on any atom is -0.385 e. The van der Waals surface area contributed by atoms with Crippen LogP contribution in [0.3, 0.4) is 0 Å². The maximum atomic E-state index is 10.7. The zero-order chi connectivity index (χ0) is 12.5. The van der Waals surface area contributed by atoms with Crippen LogP contribution in [-0.4, -0.2) is 50.7 Å². The molecular weight excluding hydrogens is 216 g/mol. The molecule has 1 heterocycles. The van der Waals surface area contributed by atoms with Gasteiger partial charge in [0.15, 0.2) is 0 Å². The SMILES string of the molecule is COCCCC1CCN(CCNC(C)=O)CC1. The Morgan fingerprint density at radius 3 is 2.71 bits per heavy atom. The standard InChI is InChI=1S/C13H26N2O2/c1-12(16)14-7-10-15-8-5-13(6-9-15)4-3-11-17-2/h13H,3-11H2,1-2H3,(H,14,16). The van der Waals surface area contributed by atoms with E-state index in [9.17, 15) is 4.79 Å². The van der Waals surface area contributed by atoms with Crippen molar-refractivity contribution in [3.05, 3.63) is 0 Å². The summed E-state index contributed by atoms with van der Waals surface area (Å²) in [6, 6.07) is 0. The van der Waals surface area contributed by atoms with Crippen molar-refractivity contribution in [3.8, 4) is 0 Å². The van der Waals surface area contributed by atoms with Crippen molar-refractivity contribution in [1.29, 1.82) is 0 Å². The van der Waals surface area contributed by atoms with E-state index in [0.717, 1.165) is 25.6 Å². The molecule has 0 radical (unpaired) electrons. The van der Waals surface area contributed by atoms with Gasteiger partial charge in [0.25, 0.3) is 0 Å². The summed E-state index contributed by atoms with van der Waals surface area (Å²) in [5, 5.41) is 2.85. The Kier molecular flexibility index (Phi) is 7.21. The number of likely N-dealkylation sites (tertiary alicyclic amines) is 1. The predicted octanol–water partition coefficient (Wildman–Crippen LogP) is 1.26. The number of methoxy groups -OCH3 is 1. The van der Waals surface area contributed by atoms with Crippen LogP contribution in [0.15, 0.2) is 0 Å². The number of nitrogens with zero attached hydrogens (tertiary/aromatic N) is 1. The van der Waals surface area contributed by atoms with Crippen LogP contribution < -0.4 is 5.32 Å². The number of ether oxygens (including phenoxy) is 1. The molecule has 0 bridgehead atoms. The lowest BCUT2D eigenvalue weighted by atomic mass is 9.92. The second kappa shape index (κ2) is 8.48. The van der Waals surface area contributed by atoms with Crippen LogP contribution in [0.2, 0.25) is 0 Å². The first kappa shape index (κ1) is 14.5. The van der Waals surface area contributed by atoms with E-state index < -0.39 is 0 Å². The van der Waals surface area contributed by atoms with Crippen LogP contribution in [-0.2, 0) is 9.53 Å². The number of carbonyl (C=O) groups is 1. The summed E-state index contributed by atoms with van der Waals surface area (Å²) in [4.78, 5) is 13.2. The summed E-state index contributed by atoms with van der Waals surface area (Å²) in [6.45, 7) is 6.59. The molecule has 1 aliphatic heterocycles. The molecule has 0 aromatic carbocycles.